The highest BCUT2D eigenvalue weighted by atomic mass is 32.3. The van der Waals surface area contributed by atoms with E-state index in [1.165, 1.54) is 6.92 Å². The Morgan fingerprint density at radius 1 is 1.19 bits per heavy atom. The van der Waals surface area contributed by atoms with Crippen LogP contribution in [0, 0.1) is 11.6 Å². The molecule has 3 rings (SSSR count). The molecule has 0 bridgehead atoms. The fourth-order valence-corrected chi connectivity index (χ4v) is 5.24. The minimum Gasteiger partial charge on any atom is -0.390 e. The second kappa shape index (κ2) is 10.1. The Balaban J connectivity index is 1.75. The van der Waals surface area contributed by atoms with E-state index in [1.54, 1.807) is 6.07 Å². The molecule has 0 fully saturated rings. The number of nitrogens with one attached hydrogen (secondary N) is 3. The number of carbonyl (C=O) groups excluding carboxylic acids is 1. The van der Waals surface area contributed by atoms with Crippen LogP contribution in [-0.4, -0.2) is 44.6 Å². The summed E-state index contributed by atoms with van der Waals surface area (Å²) in [5.41, 5.74) is 2.84. The maximum absolute atomic E-state index is 13.6. The summed E-state index contributed by atoms with van der Waals surface area (Å²) in [5, 5.41) is 16.6. The van der Waals surface area contributed by atoms with Gasteiger partial charge in [0.05, 0.1) is 29.6 Å². The van der Waals surface area contributed by atoms with Crippen LogP contribution < -0.4 is 15.4 Å². The van der Waals surface area contributed by atoms with E-state index in [0.29, 0.717) is 11.3 Å². The van der Waals surface area contributed by atoms with Crippen molar-refractivity contribution < 1.29 is 27.8 Å². The highest BCUT2D eigenvalue weighted by Gasteiger charge is 2.31. The number of carbonyl (C=O) groups is 1. The molecule has 2 aromatic rings. The van der Waals surface area contributed by atoms with Crippen LogP contribution in [0.4, 0.5) is 14.5 Å². The Hall–Kier alpha value is -2.24. The Bertz CT molecular complexity index is 956. The molecule has 176 valence electrons. The summed E-state index contributed by atoms with van der Waals surface area (Å²) >= 11 is 0. The molecule has 32 heavy (non-hydrogen) atoms. The molecule has 1 amide bonds. The van der Waals surface area contributed by atoms with Gasteiger partial charge in [0, 0.05) is 19.5 Å². The van der Waals surface area contributed by atoms with E-state index in [4.69, 9.17) is 0 Å². The number of anilines is 1. The lowest BCUT2D eigenvalue weighted by Gasteiger charge is -2.43. The van der Waals surface area contributed by atoms with Gasteiger partial charge in [-0.3, -0.25) is 18.6 Å². The molecule has 0 spiro atoms. The molecule has 0 saturated carbocycles. The van der Waals surface area contributed by atoms with Gasteiger partial charge in [0.15, 0.2) is 0 Å². The summed E-state index contributed by atoms with van der Waals surface area (Å²) in [6, 6.07) is 7.50. The molecule has 3 atom stereocenters. The third-order valence-corrected chi connectivity index (χ3v) is 6.72. The van der Waals surface area contributed by atoms with Gasteiger partial charge in [-0.15, -0.1) is 10.8 Å². The number of fused-ring (bicyclic) bond motifs is 1. The zero-order valence-electron chi connectivity index (χ0n) is 17.9. The summed E-state index contributed by atoms with van der Waals surface area (Å²) < 4.78 is 50.4. The van der Waals surface area contributed by atoms with Crippen LogP contribution in [0.1, 0.15) is 36.6 Å². The smallest absolute Gasteiger partial charge is 0.217 e. The number of hydrogen-bond donors (Lipinski definition) is 6. The summed E-state index contributed by atoms with van der Waals surface area (Å²) in [7, 11) is -3.06. The molecule has 1 heterocycles. The number of benzene rings is 2. The standard InChI is InChI=1S/C22H29F2N3O4S/c1-3-14-4-5-19-18(8-14)21(12-32(30,31)27-19)25-11-22(29)20(26-13(2)28)9-15-6-16(23)10-17(24)7-15/h4-8,10,20-22,25,27,29-31H,3,9,11-12H2,1-2H3,(H,26,28)/t20-,21?,22+/m0/s1. The van der Waals surface area contributed by atoms with Crippen LogP contribution in [0.3, 0.4) is 0 Å². The summed E-state index contributed by atoms with van der Waals surface area (Å²) in [6.07, 6.45) is -0.261. The van der Waals surface area contributed by atoms with E-state index in [2.05, 4.69) is 15.4 Å². The SMILES string of the molecule is CCc1ccc2c(c1)C(NC[C@@H](O)[C@H](Cc1cc(F)cc(F)c1)NC(C)=O)CS(O)(O)N2. The molecular weight excluding hydrogens is 440 g/mol. The lowest BCUT2D eigenvalue weighted by molar-refractivity contribution is -0.120. The topological polar surface area (TPSA) is 114 Å². The van der Waals surface area contributed by atoms with Crippen LogP contribution in [0.15, 0.2) is 36.4 Å². The minimum atomic E-state index is -3.06. The number of halogens is 2. The quantitative estimate of drug-likeness (QED) is 0.353. The van der Waals surface area contributed by atoms with Crippen molar-refractivity contribution in [3.63, 3.8) is 0 Å². The molecule has 1 unspecified atom stereocenters. The van der Waals surface area contributed by atoms with Crippen molar-refractivity contribution >= 4 is 22.4 Å². The Morgan fingerprint density at radius 2 is 1.88 bits per heavy atom. The van der Waals surface area contributed by atoms with Crippen molar-refractivity contribution in [3.8, 4) is 0 Å². The van der Waals surface area contributed by atoms with Crippen LogP contribution in [0.5, 0.6) is 0 Å². The Kier molecular flexibility index (Phi) is 7.73. The monoisotopic (exact) mass is 469 g/mol. The normalized spacial score (nSPS) is 19.9. The Labute approximate surface area is 187 Å². The fraction of sp³-hybridized carbons (Fsp3) is 0.409. The van der Waals surface area contributed by atoms with E-state index in [9.17, 15) is 27.8 Å². The first kappa shape index (κ1) is 24.4. The molecule has 7 nitrogen and oxygen atoms in total. The van der Waals surface area contributed by atoms with Crippen LogP contribution >= 0.6 is 10.8 Å². The maximum atomic E-state index is 13.6. The van der Waals surface area contributed by atoms with Gasteiger partial charge in [-0.1, -0.05) is 19.1 Å². The van der Waals surface area contributed by atoms with Crippen LogP contribution in [-0.2, 0) is 17.6 Å². The lowest BCUT2D eigenvalue weighted by Crippen LogP contribution is -2.49. The molecular formula is C22H29F2N3O4S. The number of hydrogen-bond acceptors (Lipinski definition) is 6. The number of aliphatic hydroxyl groups is 1. The van der Waals surface area contributed by atoms with Crippen molar-refractivity contribution in [2.24, 2.45) is 0 Å². The van der Waals surface area contributed by atoms with Crippen molar-refractivity contribution in [1.82, 2.24) is 10.6 Å². The van der Waals surface area contributed by atoms with Crippen LogP contribution in [0.2, 0.25) is 0 Å². The highest BCUT2D eigenvalue weighted by molar-refractivity contribution is 8.25. The van der Waals surface area contributed by atoms with Crippen molar-refractivity contribution in [3.05, 3.63) is 64.7 Å². The number of amides is 1. The van der Waals surface area contributed by atoms with Gasteiger partial charge in [0.2, 0.25) is 5.91 Å². The van der Waals surface area contributed by atoms with Gasteiger partial charge < -0.3 is 15.7 Å². The largest absolute Gasteiger partial charge is 0.390 e. The molecule has 10 heteroatoms. The molecule has 0 saturated heterocycles. The van der Waals surface area contributed by atoms with Crippen molar-refractivity contribution in [2.75, 3.05) is 17.0 Å². The predicted octanol–water partition coefficient (Wildman–Crippen LogP) is 3.36. The van der Waals surface area contributed by atoms with E-state index in [1.807, 2.05) is 19.1 Å². The average Bonchev–Trinajstić information content (AvgIpc) is 2.69. The van der Waals surface area contributed by atoms with Gasteiger partial charge in [0.1, 0.15) is 11.6 Å². The first-order valence-electron chi connectivity index (χ1n) is 10.4. The maximum Gasteiger partial charge on any atom is 0.217 e. The molecule has 0 aromatic heterocycles. The lowest BCUT2D eigenvalue weighted by atomic mass is 9.99. The second-order valence-electron chi connectivity index (χ2n) is 8.03. The predicted molar refractivity (Wildman–Crippen MR) is 122 cm³/mol. The van der Waals surface area contributed by atoms with Gasteiger partial charge >= 0.3 is 0 Å². The number of rotatable bonds is 8. The number of aryl methyl sites for hydroxylation is 1. The molecule has 1 aliphatic rings. The van der Waals surface area contributed by atoms with E-state index < -0.39 is 40.6 Å². The van der Waals surface area contributed by atoms with Crippen LogP contribution in [0.25, 0.3) is 0 Å². The Morgan fingerprint density at radius 3 is 2.50 bits per heavy atom. The summed E-state index contributed by atoms with van der Waals surface area (Å²) in [4.78, 5) is 11.6. The second-order valence-corrected chi connectivity index (χ2v) is 9.90. The van der Waals surface area contributed by atoms with Gasteiger partial charge in [-0.25, -0.2) is 8.78 Å². The van der Waals surface area contributed by atoms with E-state index in [0.717, 1.165) is 35.7 Å². The third-order valence-electron chi connectivity index (χ3n) is 5.38. The zero-order chi connectivity index (χ0) is 23.5. The zero-order valence-corrected chi connectivity index (χ0v) is 18.8. The first-order chi connectivity index (χ1) is 15.1. The van der Waals surface area contributed by atoms with E-state index >= 15 is 0 Å². The first-order valence-corrected chi connectivity index (χ1v) is 12.1. The minimum absolute atomic E-state index is 0.0126. The molecule has 2 aromatic carbocycles. The van der Waals surface area contributed by atoms with E-state index in [-0.39, 0.29) is 24.6 Å². The summed E-state index contributed by atoms with van der Waals surface area (Å²) in [6.45, 7) is 3.33. The fourth-order valence-electron chi connectivity index (χ4n) is 3.85. The van der Waals surface area contributed by atoms with Crippen molar-refractivity contribution in [1.29, 1.82) is 0 Å². The molecule has 0 radical (unpaired) electrons. The molecule has 6 N–H and O–H groups in total. The third kappa shape index (κ3) is 6.39. The average molecular weight is 470 g/mol. The van der Waals surface area contributed by atoms with Gasteiger partial charge in [-0.2, -0.15) is 0 Å². The van der Waals surface area contributed by atoms with Gasteiger partial charge in [-0.05, 0) is 47.7 Å². The molecule has 1 aliphatic heterocycles. The molecule has 0 aliphatic carbocycles. The highest BCUT2D eigenvalue weighted by Crippen LogP contribution is 2.49. The van der Waals surface area contributed by atoms with Crippen molar-refractivity contribution in [2.45, 2.75) is 44.9 Å². The van der Waals surface area contributed by atoms with Gasteiger partial charge in [0.25, 0.3) is 0 Å². The number of aliphatic hydroxyl groups excluding tert-OH is 1. The summed E-state index contributed by atoms with van der Waals surface area (Å²) in [5.74, 6) is -1.85.